The van der Waals surface area contributed by atoms with Crippen molar-refractivity contribution in [2.75, 3.05) is 0 Å². The molecule has 2 atom stereocenters. The van der Waals surface area contributed by atoms with Crippen LogP contribution in [0.5, 0.6) is 0 Å². The second-order valence-electron chi connectivity index (χ2n) is 9.64. The Labute approximate surface area is 211 Å². The summed E-state index contributed by atoms with van der Waals surface area (Å²) >= 11 is 0. The van der Waals surface area contributed by atoms with Crippen LogP contribution in [0.4, 0.5) is 4.79 Å². The van der Waals surface area contributed by atoms with Gasteiger partial charge in [0, 0.05) is 6.42 Å². The number of allylic oxidation sites excluding steroid dienone is 3. The molecular weight excluding hydrogens is 460 g/mol. The number of hydrogen-bond donors (Lipinski definition) is 3. The molecule has 0 aliphatic rings. The van der Waals surface area contributed by atoms with Crippen molar-refractivity contribution < 1.29 is 23.9 Å². The molecule has 0 radical (unpaired) electrons. The summed E-state index contributed by atoms with van der Waals surface area (Å²) in [5, 5.41) is 14.9. The molecule has 7 nitrogen and oxygen atoms in total. The largest absolute Gasteiger partial charge is 0.503 e. The van der Waals surface area contributed by atoms with Crippen molar-refractivity contribution in [3.05, 3.63) is 60.2 Å². The number of hydrogen-bond acceptors (Lipinski definition) is 4. The van der Waals surface area contributed by atoms with Crippen molar-refractivity contribution in [1.29, 1.82) is 0 Å². The first kappa shape index (κ1) is 30.2. The number of carboxylic acids is 1. The third-order valence-electron chi connectivity index (χ3n) is 6.22. The van der Waals surface area contributed by atoms with Gasteiger partial charge in [0.2, 0.25) is 5.91 Å². The lowest BCUT2D eigenvalue weighted by atomic mass is 10.1. The number of carbonyl (C=O) groups is 3. The molecule has 1 unspecified atom stereocenters. The van der Waals surface area contributed by atoms with Crippen molar-refractivity contribution in [2.24, 2.45) is 0 Å². The summed E-state index contributed by atoms with van der Waals surface area (Å²) in [5.74, 6) is -1.76. The van der Waals surface area contributed by atoms with Gasteiger partial charge >= 0.3 is 12.1 Å². The van der Waals surface area contributed by atoms with Gasteiger partial charge in [0.15, 0.2) is 0 Å². The highest BCUT2D eigenvalue weighted by Gasteiger charge is 2.48. The maximum Gasteiger partial charge on any atom is 0.394 e. The number of carboxylic acid groups (broad SMARTS) is 1. The first-order chi connectivity index (χ1) is 16.4. The van der Waals surface area contributed by atoms with E-state index >= 15 is 0 Å². The molecule has 35 heavy (non-hydrogen) atoms. The van der Waals surface area contributed by atoms with Gasteiger partial charge in [-0.05, 0) is 28.6 Å². The third kappa shape index (κ3) is 9.01. The van der Waals surface area contributed by atoms with E-state index in [1.54, 1.807) is 24.3 Å². The normalized spacial score (nSPS) is 14.0. The SMILES string of the molecule is CC/C=C\C=C/C(NC(=O)O[Si](C(C)C)(C(C)C)C(C)C)C(=O)N[C@@H](Cc1ccccc1)C(=O)O. The highest BCUT2D eigenvalue weighted by Crippen LogP contribution is 2.42. The molecule has 2 amide bonds. The van der Waals surface area contributed by atoms with Crippen LogP contribution in [0.3, 0.4) is 0 Å². The lowest BCUT2D eigenvalue weighted by Crippen LogP contribution is -2.55. The van der Waals surface area contributed by atoms with E-state index in [0.29, 0.717) is 0 Å². The van der Waals surface area contributed by atoms with Crippen molar-refractivity contribution in [2.45, 2.75) is 90.0 Å². The van der Waals surface area contributed by atoms with Gasteiger partial charge in [-0.3, -0.25) is 4.79 Å². The van der Waals surface area contributed by atoms with Gasteiger partial charge in [-0.1, -0.05) is 103 Å². The average Bonchev–Trinajstić information content (AvgIpc) is 2.78. The standard InChI is InChI=1S/C27H42N2O5Si/c1-8-9-10-14-17-23(29-27(33)34-35(19(2)3,20(4)5)21(6)7)25(30)28-24(26(31)32)18-22-15-12-11-13-16-22/h9-17,19-21,23-24H,8,18H2,1-7H3,(H,28,30)(H,29,33)(H,31,32)/b10-9-,17-14-/t23?,24-/m0/s1. The molecule has 0 aromatic heterocycles. The van der Waals surface area contributed by atoms with E-state index in [1.807, 2.05) is 31.2 Å². The number of nitrogens with one attached hydrogen (secondary N) is 2. The minimum absolute atomic E-state index is 0.128. The zero-order valence-electron chi connectivity index (χ0n) is 22.1. The van der Waals surface area contributed by atoms with Crippen molar-refractivity contribution in [3.63, 3.8) is 0 Å². The summed E-state index contributed by atoms with van der Waals surface area (Å²) < 4.78 is 6.12. The first-order valence-electron chi connectivity index (χ1n) is 12.4. The van der Waals surface area contributed by atoms with Crippen LogP contribution < -0.4 is 10.6 Å². The third-order valence-corrected chi connectivity index (χ3v) is 12.2. The van der Waals surface area contributed by atoms with Crippen LogP contribution in [0, 0.1) is 0 Å². The second kappa shape index (κ2) is 14.5. The summed E-state index contributed by atoms with van der Waals surface area (Å²) in [4.78, 5) is 38.0. The molecule has 194 valence electrons. The maximum absolute atomic E-state index is 13.1. The lowest BCUT2D eigenvalue weighted by molar-refractivity contribution is -0.141. The number of benzene rings is 1. The van der Waals surface area contributed by atoms with Crippen molar-refractivity contribution in [1.82, 2.24) is 10.6 Å². The Morgan fingerprint density at radius 1 is 0.943 bits per heavy atom. The second-order valence-corrected chi connectivity index (χ2v) is 15.0. The van der Waals surface area contributed by atoms with Crippen LogP contribution in [0.15, 0.2) is 54.6 Å². The molecule has 0 heterocycles. The molecule has 1 aromatic carbocycles. The quantitative estimate of drug-likeness (QED) is 0.241. The monoisotopic (exact) mass is 502 g/mol. The smallest absolute Gasteiger partial charge is 0.394 e. The molecule has 0 fully saturated rings. The van der Waals surface area contributed by atoms with E-state index in [1.165, 1.54) is 6.08 Å². The molecular formula is C27H42N2O5Si. The highest BCUT2D eigenvalue weighted by atomic mass is 28.4. The molecule has 1 rings (SSSR count). The summed E-state index contributed by atoms with van der Waals surface area (Å²) in [6, 6.07) is 6.85. The fraction of sp³-hybridized carbons (Fsp3) is 0.519. The van der Waals surface area contributed by atoms with Gasteiger partial charge in [-0.15, -0.1) is 0 Å². The summed E-state index contributed by atoms with van der Waals surface area (Å²) in [7, 11) is -2.51. The molecule has 0 saturated carbocycles. The first-order valence-corrected chi connectivity index (χ1v) is 14.5. The highest BCUT2D eigenvalue weighted by molar-refractivity contribution is 6.78. The Bertz CT molecular complexity index is 859. The topological polar surface area (TPSA) is 105 Å². The molecule has 0 aliphatic heterocycles. The van der Waals surface area contributed by atoms with E-state index in [-0.39, 0.29) is 23.0 Å². The van der Waals surface area contributed by atoms with Crippen molar-refractivity contribution >= 4 is 26.3 Å². The van der Waals surface area contributed by atoms with E-state index in [9.17, 15) is 19.5 Å². The van der Waals surface area contributed by atoms with E-state index in [2.05, 4.69) is 52.2 Å². The molecule has 1 aromatic rings. The summed E-state index contributed by atoms with van der Waals surface area (Å²) in [6.45, 7) is 14.4. The Balaban J connectivity index is 3.12. The van der Waals surface area contributed by atoms with Crippen LogP contribution in [-0.2, 0) is 20.4 Å². The zero-order valence-corrected chi connectivity index (χ0v) is 23.1. The van der Waals surface area contributed by atoms with Gasteiger partial charge in [-0.2, -0.15) is 0 Å². The Morgan fingerprint density at radius 3 is 2.00 bits per heavy atom. The number of amides is 2. The molecule has 8 heteroatoms. The lowest BCUT2D eigenvalue weighted by Gasteiger charge is -2.41. The van der Waals surface area contributed by atoms with Crippen LogP contribution in [-0.4, -0.2) is 43.5 Å². The Hall–Kier alpha value is -2.87. The Kier molecular flexibility index (Phi) is 12.5. The van der Waals surface area contributed by atoms with Crippen LogP contribution >= 0.6 is 0 Å². The van der Waals surface area contributed by atoms with Crippen LogP contribution in [0.25, 0.3) is 0 Å². The number of aliphatic carboxylic acids is 1. The van der Waals surface area contributed by atoms with E-state index in [4.69, 9.17) is 4.43 Å². The fourth-order valence-corrected chi connectivity index (χ4v) is 9.66. The fourth-order valence-electron chi connectivity index (χ4n) is 4.57. The minimum atomic E-state index is -2.51. The van der Waals surface area contributed by atoms with E-state index in [0.717, 1.165) is 12.0 Å². The molecule has 0 saturated heterocycles. The molecule has 0 spiro atoms. The van der Waals surface area contributed by atoms with Gasteiger partial charge in [0.05, 0.1) is 0 Å². The number of carbonyl (C=O) groups excluding carboxylic acids is 2. The zero-order chi connectivity index (χ0) is 26.6. The van der Waals surface area contributed by atoms with E-state index < -0.39 is 38.4 Å². The molecule has 0 bridgehead atoms. The van der Waals surface area contributed by atoms with Crippen molar-refractivity contribution in [3.8, 4) is 0 Å². The summed E-state index contributed by atoms with van der Waals surface area (Å²) in [6.07, 6.45) is 7.18. The maximum atomic E-state index is 13.1. The summed E-state index contributed by atoms with van der Waals surface area (Å²) in [5.41, 5.74) is 1.34. The number of rotatable bonds is 13. The predicted molar refractivity (Wildman–Crippen MR) is 143 cm³/mol. The molecule has 0 aliphatic carbocycles. The Morgan fingerprint density at radius 2 is 1.51 bits per heavy atom. The molecule has 3 N–H and O–H groups in total. The minimum Gasteiger partial charge on any atom is -0.503 e. The van der Waals surface area contributed by atoms with Gasteiger partial charge in [0.1, 0.15) is 12.1 Å². The van der Waals surface area contributed by atoms with Gasteiger partial charge in [0.25, 0.3) is 8.32 Å². The van der Waals surface area contributed by atoms with Crippen LogP contribution in [0.1, 0.15) is 60.5 Å². The van der Waals surface area contributed by atoms with Crippen LogP contribution in [0.2, 0.25) is 16.6 Å². The van der Waals surface area contributed by atoms with Gasteiger partial charge in [-0.25, -0.2) is 9.59 Å². The average molecular weight is 503 g/mol. The predicted octanol–water partition coefficient (Wildman–Crippen LogP) is 5.59. The van der Waals surface area contributed by atoms with Gasteiger partial charge < -0.3 is 20.2 Å².